The first-order valence-corrected chi connectivity index (χ1v) is 12.1. The minimum Gasteiger partial charge on any atom is -0.423 e. The average molecular weight is 457 g/mol. The van der Waals surface area contributed by atoms with E-state index in [1.165, 1.54) is 24.3 Å². The molecule has 0 saturated heterocycles. The summed E-state index contributed by atoms with van der Waals surface area (Å²) in [5.74, 6) is -0.457. The Balaban J connectivity index is 1.69. The maximum absolute atomic E-state index is 14.4. The molecule has 0 unspecified atom stereocenters. The topological polar surface area (TPSA) is 86.5 Å². The van der Waals surface area contributed by atoms with Crippen LogP contribution in [0.3, 0.4) is 0 Å². The summed E-state index contributed by atoms with van der Waals surface area (Å²) < 4.78 is 20.0. The number of nitro groups is 1. The van der Waals surface area contributed by atoms with E-state index in [4.69, 9.17) is 4.74 Å². The van der Waals surface area contributed by atoms with Gasteiger partial charge in [-0.25, -0.2) is 4.79 Å². The van der Waals surface area contributed by atoms with Crippen molar-refractivity contribution in [2.45, 2.75) is 6.16 Å². The zero-order valence-electron chi connectivity index (χ0n) is 17.5. The van der Waals surface area contributed by atoms with Crippen LogP contribution in [0.25, 0.3) is 0 Å². The first kappa shape index (κ1) is 22.2. The normalized spacial score (nSPS) is 11.0. The van der Waals surface area contributed by atoms with Crippen molar-refractivity contribution >= 4 is 29.4 Å². The van der Waals surface area contributed by atoms with Crippen molar-refractivity contribution in [1.29, 1.82) is 0 Å². The Kier molecular flexibility index (Phi) is 6.48. The van der Waals surface area contributed by atoms with Crippen molar-refractivity contribution in [3.05, 3.63) is 130 Å². The van der Waals surface area contributed by atoms with Crippen molar-refractivity contribution < 1.29 is 19.0 Å². The van der Waals surface area contributed by atoms with Crippen LogP contribution < -0.4 is 15.3 Å². The molecule has 4 aromatic carbocycles. The number of ether oxygens (including phenoxy) is 1. The minimum absolute atomic E-state index is 0.0632. The SMILES string of the molecule is O=C(Oc1ccccc1CP(=O)(c1ccccc1)c1ccccc1)c1cccc([N+](=O)[O-])c1. The monoisotopic (exact) mass is 457 g/mol. The molecule has 4 rings (SSSR count). The van der Waals surface area contributed by atoms with E-state index in [0.717, 1.165) is 0 Å². The van der Waals surface area contributed by atoms with Crippen LogP contribution in [0.5, 0.6) is 5.75 Å². The molecule has 0 amide bonds. The Bertz CT molecular complexity index is 1300. The van der Waals surface area contributed by atoms with E-state index in [-0.39, 0.29) is 23.2 Å². The van der Waals surface area contributed by atoms with E-state index < -0.39 is 18.0 Å². The summed E-state index contributed by atoms with van der Waals surface area (Å²) in [7, 11) is -3.09. The predicted molar refractivity (Wildman–Crippen MR) is 128 cm³/mol. The van der Waals surface area contributed by atoms with Crippen LogP contribution in [0.2, 0.25) is 0 Å². The number of hydrogen-bond donors (Lipinski definition) is 0. The van der Waals surface area contributed by atoms with Crippen LogP contribution in [0.4, 0.5) is 5.69 Å². The fraction of sp³-hybridized carbons (Fsp3) is 0.0385. The molecule has 0 atom stereocenters. The maximum Gasteiger partial charge on any atom is 0.343 e. The summed E-state index contributed by atoms with van der Waals surface area (Å²) in [4.78, 5) is 23.2. The molecular formula is C26H20NO5P. The van der Waals surface area contributed by atoms with E-state index >= 15 is 0 Å². The highest BCUT2D eigenvalue weighted by Gasteiger charge is 2.29. The number of esters is 1. The maximum atomic E-state index is 14.4. The Morgan fingerprint density at radius 3 is 1.97 bits per heavy atom. The summed E-state index contributed by atoms with van der Waals surface area (Å²) in [5.41, 5.74) is 0.469. The molecule has 0 heterocycles. The van der Waals surface area contributed by atoms with E-state index in [2.05, 4.69) is 0 Å². The lowest BCUT2D eigenvalue weighted by atomic mass is 10.2. The van der Waals surface area contributed by atoms with Gasteiger partial charge >= 0.3 is 5.97 Å². The van der Waals surface area contributed by atoms with E-state index in [1.807, 2.05) is 60.7 Å². The molecule has 0 saturated carbocycles. The lowest BCUT2D eigenvalue weighted by Gasteiger charge is -2.21. The average Bonchev–Trinajstić information content (AvgIpc) is 2.86. The quantitative estimate of drug-likeness (QED) is 0.123. The largest absolute Gasteiger partial charge is 0.423 e. The van der Waals surface area contributed by atoms with Crippen LogP contribution in [0.15, 0.2) is 109 Å². The third kappa shape index (κ3) is 4.92. The van der Waals surface area contributed by atoms with Crippen molar-refractivity contribution in [3.8, 4) is 5.75 Å². The van der Waals surface area contributed by atoms with Crippen LogP contribution in [0.1, 0.15) is 15.9 Å². The second kappa shape index (κ2) is 9.63. The molecule has 0 spiro atoms. The number of hydrogen-bond acceptors (Lipinski definition) is 5. The summed E-state index contributed by atoms with van der Waals surface area (Å²) in [6.45, 7) is 0. The van der Waals surface area contributed by atoms with E-state index in [0.29, 0.717) is 16.2 Å². The molecule has 33 heavy (non-hydrogen) atoms. The van der Waals surface area contributed by atoms with Crippen molar-refractivity contribution in [2.75, 3.05) is 0 Å². The highest BCUT2D eigenvalue weighted by atomic mass is 31.2. The zero-order valence-corrected chi connectivity index (χ0v) is 18.4. The number of carbonyl (C=O) groups excluding carboxylic acids is 1. The molecule has 164 valence electrons. The van der Waals surface area contributed by atoms with Gasteiger partial charge in [0.1, 0.15) is 12.9 Å². The lowest BCUT2D eigenvalue weighted by molar-refractivity contribution is -0.384. The molecule has 0 N–H and O–H groups in total. The third-order valence-corrected chi connectivity index (χ3v) is 8.26. The third-order valence-electron chi connectivity index (χ3n) is 5.21. The van der Waals surface area contributed by atoms with Gasteiger partial charge in [0.15, 0.2) is 0 Å². The summed E-state index contributed by atoms with van der Waals surface area (Å²) in [6.07, 6.45) is 0.152. The molecular weight excluding hydrogens is 437 g/mol. The Morgan fingerprint density at radius 1 is 0.788 bits per heavy atom. The lowest BCUT2D eigenvalue weighted by Crippen LogP contribution is -2.18. The molecule has 0 radical (unpaired) electrons. The molecule has 0 fully saturated rings. The van der Waals surface area contributed by atoms with Gasteiger partial charge in [-0.3, -0.25) is 10.1 Å². The first-order valence-electron chi connectivity index (χ1n) is 10.2. The first-order chi connectivity index (χ1) is 16.0. The second-order valence-corrected chi connectivity index (χ2v) is 10.2. The number of nitrogens with zero attached hydrogens (tertiary/aromatic N) is 1. The number of carbonyl (C=O) groups is 1. The predicted octanol–water partition coefficient (Wildman–Crippen LogP) is 5.33. The van der Waals surface area contributed by atoms with Gasteiger partial charge < -0.3 is 9.30 Å². The summed E-state index contributed by atoms with van der Waals surface area (Å²) in [5, 5.41) is 12.4. The molecule has 0 aliphatic heterocycles. The Hall–Kier alpha value is -4.02. The van der Waals surface area contributed by atoms with Gasteiger partial charge in [-0.2, -0.15) is 0 Å². The van der Waals surface area contributed by atoms with Gasteiger partial charge in [0.2, 0.25) is 0 Å². The number of rotatable bonds is 7. The minimum atomic E-state index is -3.09. The highest BCUT2D eigenvalue weighted by Crippen LogP contribution is 2.48. The van der Waals surface area contributed by atoms with Gasteiger partial charge in [-0.15, -0.1) is 0 Å². The molecule has 6 nitrogen and oxygen atoms in total. The Labute approximate surface area is 191 Å². The standard InChI is InChI=1S/C26H20NO5P/c28-26(20-11-9-12-22(18-20)27(29)30)32-25-17-8-7-10-21(25)19-33(31,23-13-3-1-4-14-23)24-15-5-2-6-16-24/h1-18H,19H2. The number of para-hydroxylation sites is 1. The fourth-order valence-corrected chi connectivity index (χ4v) is 6.26. The summed E-state index contributed by atoms with van der Waals surface area (Å²) >= 11 is 0. The Morgan fingerprint density at radius 2 is 1.36 bits per heavy atom. The smallest absolute Gasteiger partial charge is 0.343 e. The van der Waals surface area contributed by atoms with Crippen LogP contribution in [-0.4, -0.2) is 10.9 Å². The molecule has 7 heteroatoms. The van der Waals surface area contributed by atoms with E-state index in [1.54, 1.807) is 24.3 Å². The molecule has 4 aromatic rings. The fourth-order valence-electron chi connectivity index (χ4n) is 3.55. The van der Waals surface area contributed by atoms with Crippen LogP contribution >= 0.6 is 7.14 Å². The van der Waals surface area contributed by atoms with Crippen molar-refractivity contribution in [3.63, 3.8) is 0 Å². The highest BCUT2D eigenvalue weighted by molar-refractivity contribution is 7.78. The zero-order chi connectivity index (χ0) is 23.3. The number of non-ortho nitro benzene ring substituents is 1. The molecule has 0 bridgehead atoms. The van der Waals surface area contributed by atoms with Crippen molar-refractivity contribution in [2.24, 2.45) is 0 Å². The van der Waals surface area contributed by atoms with Gasteiger partial charge in [0.25, 0.3) is 5.69 Å². The molecule has 0 aliphatic rings. The number of nitro benzene ring substituents is 1. The summed E-state index contributed by atoms with van der Waals surface area (Å²) in [6, 6.07) is 30.8. The van der Waals surface area contributed by atoms with Gasteiger partial charge in [0, 0.05) is 34.5 Å². The van der Waals surface area contributed by atoms with Crippen molar-refractivity contribution in [1.82, 2.24) is 0 Å². The second-order valence-electron chi connectivity index (χ2n) is 7.37. The van der Waals surface area contributed by atoms with Gasteiger partial charge in [-0.05, 0) is 12.1 Å². The molecule has 0 aliphatic carbocycles. The van der Waals surface area contributed by atoms with E-state index in [9.17, 15) is 19.5 Å². The van der Waals surface area contributed by atoms with Crippen LogP contribution in [-0.2, 0) is 10.7 Å². The molecule has 0 aromatic heterocycles. The van der Waals surface area contributed by atoms with Gasteiger partial charge in [-0.1, -0.05) is 84.9 Å². The van der Waals surface area contributed by atoms with Gasteiger partial charge in [0.05, 0.1) is 10.5 Å². The van der Waals surface area contributed by atoms with Crippen LogP contribution in [0, 0.1) is 10.1 Å². The number of benzene rings is 4.